The van der Waals surface area contributed by atoms with E-state index < -0.39 is 0 Å². The van der Waals surface area contributed by atoms with Gasteiger partial charge in [-0.25, -0.2) is 19.9 Å². The van der Waals surface area contributed by atoms with Crippen LogP contribution < -0.4 is 5.32 Å². The lowest BCUT2D eigenvalue weighted by atomic mass is 10.1. The molecule has 6 aromatic rings. The zero-order valence-corrected chi connectivity index (χ0v) is 23.0. The third-order valence-electron chi connectivity index (χ3n) is 6.18. The molecule has 0 spiro atoms. The van der Waals surface area contributed by atoms with Crippen molar-refractivity contribution in [2.24, 2.45) is 12.0 Å². The smallest absolute Gasteiger partial charge is 0.230 e. The zero-order chi connectivity index (χ0) is 28.8. The molecule has 0 unspecified atom stereocenters. The van der Waals surface area contributed by atoms with Crippen molar-refractivity contribution < 1.29 is 4.79 Å². The van der Waals surface area contributed by atoms with Gasteiger partial charge in [0.1, 0.15) is 24.0 Å². The van der Waals surface area contributed by atoms with Gasteiger partial charge in [-0.3, -0.25) is 19.0 Å². The molecule has 1 aromatic carbocycles. The van der Waals surface area contributed by atoms with Crippen LogP contribution in [0.3, 0.4) is 0 Å². The van der Waals surface area contributed by atoms with Crippen LogP contribution in [0.5, 0.6) is 0 Å². The molecule has 5 heterocycles. The van der Waals surface area contributed by atoms with E-state index in [1.54, 1.807) is 23.4 Å². The van der Waals surface area contributed by atoms with Gasteiger partial charge in [0.2, 0.25) is 5.91 Å². The van der Waals surface area contributed by atoms with E-state index in [1.165, 1.54) is 6.33 Å². The minimum atomic E-state index is -0.128. The molecular formula is C29H29N11O. The fourth-order valence-corrected chi connectivity index (χ4v) is 4.10. The Kier molecular flexibility index (Phi) is 8.00. The van der Waals surface area contributed by atoms with Gasteiger partial charge in [0.15, 0.2) is 11.5 Å². The summed E-state index contributed by atoms with van der Waals surface area (Å²) in [4.78, 5) is 41.1. The van der Waals surface area contributed by atoms with E-state index in [2.05, 4.69) is 52.0 Å². The predicted molar refractivity (Wildman–Crippen MR) is 158 cm³/mol. The van der Waals surface area contributed by atoms with E-state index in [0.29, 0.717) is 23.0 Å². The number of nitrogens with zero attached hydrogens (tertiary/aromatic N) is 9. The Balaban J connectivity index is 0.000000794. The molecular weight excluding hydrogens is 518 g/mol. The number of aromatic amines is 1. The summed E-state index contributed by atoms with van der Waals surface area (Å²) < 4.78 is 3.56. The number of rotatable bonds is 7. The number of aromatic nitrogens is 9. The van der Waals surface area contributed by atoms with Crippen LogP contribution in [0.4, 0.5) is 5.69 Å². The topological polar surface area (TPSA) is 144 Å². The van der Waals surface area contributed by atoms with E-state index in [-0.39, 0.29) is 12.3 Å². The van der Waals surface area contributed by atoms with Crippen molar-refractivity contribution in [1.82, 2.24) is 44.3 Å². The summed E-state index contributed by atoms with van der Waals surface area (Å²) in [6.07, 6.45) is 8.73. The normalized spacial score (nSPS) is 10.7. The van der Waals surface area contributed by atoms with Crippen molar-refractivity contribution in [1.29, 1.82) is 0 Å². The van der Waals surface area contributed by atoms with Crippen molar-refractivity contribution >= 4 is 29.5 Å². The van der Waals surface area contributed by atoms with E-state index >= 15 is 0 Å². The highest BCUT2D eigenvalue weighted by atomic mass is 16.1. The van der Waals surface area contributed by atoms with Crippen molar-refractivity contribution in [2.75, 3.05) is 11.9 Å². The Morgan fingerprint density at radius 3 is 2.51 bits per heavy atom. The lowest BCUT2D eigenvalue weighted by Gasteiger charge is -2.06. The summed E-state index contributed by atoms with van der Waals surface area (Å²) in [5.74, 6) is 1.21. The number of aryl methyl sites for hydroxylation is 2. The maximum Gasteiger partial charge on any atom is 0.230 e. The quantitative estimate of drug-likeness (QED) is 0.285. The molecule has 0 saturated carbocycles. The third-order valence-corrected chi connectivity index (χ3v) is 6.18. The van der Waals surface area contributed by atoms with Gasteiger partial charge in [-0.2, -0.15) is 5.10 Å². The largest absolute Gasteiger partial charge is 0.334 e. The number of anilines is 1. The standard InChI is InChI=1S/C26H22N10O.C3H7N/c1-16-13-36(15-30-16)26-23-25(28-14-29-26)33-24(32-23)18-3-5-19(6-4-18)31-22(37)12-20-11-21(34-35(20)2)17-7-9-27-10-8-17;1-3-4-2/h3-11,13-15H,12H2,1-2H3,(H,31,37)(H,28,29,32,33);2-3H2,1H3. The molecule has 206 valence electrons. The third kappa shape index (κ3) is 6.22. The number of imidazole rings is 2. The molecule has 6 rings (SSSR count). The van der Waals surface area contributed by atoms with Crippen LogP contribution in [0.1, 0.15) is 18.3 Å². The molecule has 0 fully saturated rings. The Labute approximate surface area is 236 Å². The number of carbonyl (C=O) groups excluding carboxylic acids is 1. The van der Waals surface area contributed by atoms with Gasteiger partial charge in [-0.1, -0.05) is 0 Å². The zero-order valence-electron chi connectivity index (χ0n) is 23.0. The molecule has 1 amide bonds. The molecule has 0 aliphatic rings. The molecule has 0 aliphatic carbocycles. The Hall–Kier alpha value is -5.52. The number of benzene rings is 1. The Bertz CT molecular complexity index is 1780. The minimum Gasteiger partial charge on any atom is -0.334 e. The number of carbonyl (C=O) groups is 1. The van der Waals surface area contributed by atoms with Crippen LogP contribution in [0.15, 0.2) is 78.7 Å². The predicted octanol–water partition coefficient (Wildman–Crippen LogP) is 4.20. The van der Waals surface area contributed by atoms with Crippen molar-refractivity contribution in [3.8, 4) is 28.5 Å². The van der Waals surface area contributed by atoms with Gasteiger partial charge in [-0.15, -0.1) is 0 Å². The number of amides is 1. The summed E-state index contributed by atoms with van der Waals surface area (Å²) in [6.45, 7) is 7.93. The van der Waals surface area contributed by atoms with Gasteiger partial charge >= 0.3 is 0 Å². The summed E-state index contributed by atoms with van der Waals surface area (Å²) in [7, 11) is 1.83. The highest BCUT2D eigenvalue weighted by Crippen LogP contribution is 2.24. The maximum atomic E-state index is 12.7. The van der Waals surface area contributed by atoms with Crippen LogP contribution in [0, 0.1) is 6.92 Å². The molecule has 12 heteroatoms. The molecule has 0 radical (unpaired) electrons. The summed E-state index contributed by atoms with van der Waals surface area (Å²) in [5, 5.41) is 7.47. The summed E-state index contributed by atoms with van der Waals surface area (Å²) in [6, 6.07) is 13.2. The van der Waals surface area contributed by atoms with Crippen molar-refractivity contribution in [2.45, 2.75) is 20.3 Å². The number of hydrogen-bond donors (Lipinski definition) is 2. The van der Waals surface area contributed by atoms with E-state index in [0.717, 1.165) is 40.3 Å². The number of pyridine rings is 1. The lowest BCUT2D eigenvalue weighted by molar-refractivity contribution is -0.115. The molecule has 0 atom stereocenters. The second-order valence-electron chi connectivity index (χ2n) is 9.13. The summed E-state index contributed by atoms with van der Waals surface area (Å²) in [5.41, 5.74) is 6.29. The van der Waals surface area contributed by atoms with Gasteiger partial charge in [-0.05, 0) is 63.0 Å². The molecule has 5 aromatic heterocycles. The van der Waals surface area contributed by atoms with Gasteiger partial charge in [0.25, 0.3) is 0 Å². The van der Waals surface area contributed by atoms with Crippen LogP contribution >= 0.6 is 0 Å². The minimum absolute atomic E-state index is 0.128. The highest BCUT2D eigenvalue weighted by Gasteiger charge is 2.14. The van der Waals surface area contributed by atoms with Crippen LogP contribution in [-0.2, 0) is 18.3 Å². The van der Waals surface area contributed by atoms with Gasteiger partial charge < -0.3 is 15.3 Å². The van der Waals surface area contributed by atoms with E-state index in [4.69, 9.17) is 0 Å². The Morgan fingerprint density at radius 2 is 1.83 bits per heavy atom. The van der Waals surface area contributed by atoms with Crippen LogP contribution in [-0.4, -0.2) is 63.4 Å². The first-order valence-corrected chi connectivity index (χ1v) is 12.9. The van der Waals surface area contributed by atoms with Crippen molar-refractivity contribution in [3.05, 3.63) is 85.1 Å². The number of hydrogen-bond acceptors (Lipinski definition) is 8. The molecule has 41 heavy (non-hydrogen) atoms. The number of aliphatic imine (C=N–C) groups is 1. The Morgan fingerprint density at radius 1 is 1.07 bits per heavy atom. The molecule has 0 aliphatic heterocycles. The van der Waals surface area contributed by atoms with Crippen molar-refractivity contribution in [3.63, 3.8) is 0 Å². The first-order chi connectivity index (χ1) is 19.9. The van der Waals surface area contributed by atoms with Gasteiger partial charge in [0, 0.05) is 54.7 Å². The van der Waals surface area contributed by atoms with Gasteiger partial charge in [0.05, 0.1) is 17.8 Å². The number of nitrogens with one attached hydrogen (secondary N) is 2. The monoisotopic (exact) mass is 547 g/mol. The van der Waals surface area contributed by atoms with Crippen LogP contribution in [0.25, 0.3) is 39.6 Å². The maximum absolute atomic E-state index is 12.7. The molecule has 0 bridgehead atoms. The summed E-state index contributed by atoms with van der Waals surface area (Å²) >= 11 is 0. The first kappa shape index (κ1) is 27.1. The number of fused-ring (bicyclic) bond motifs is 1. The fourth-order valence-electron chi connectivity index (χ4n) is 4.10. The first-order valence-electron chi connectivity index (χ1n) is 12.9. The second kappa shape index (κ2) is 12.1. The second-order valence-corrected chi connectivity index (χ2v) is 9.13. The highest BCUT2D eigenvalue weighted by molar-refractivity contribution is 5.92. The fraction of sp³-hybridized carbons (Fsp3) is 0.172. The lowest BCUT2D eigenvalue weighted by Crippen LogP contribution is -2.16. The molecule has 12 nitrogen and oxygen atoms in total. The molecule has 0 saturated heterocycles. The SMILES string of the molecule is C=NCC.Cc1cn(-c2ncnc3nc(-c4ccc(NC(=O)Cc5cc(-c6ccncc6)nn5C)cc4)[nH]c23)cn1. The van der Waals surface area contributed by atoms with E-state index in [1.807, 2.05) is 74.1 Å². The molecule has 2 N–H and O–H groups in total. The van der Waals surface area contributed by atoms with E-state index in [9.17, 15) is 4.79 Å². The van der Waals surface area contributed by atoms with Crippen LogP contribution in [0.2, 0.25) is 0 Å². The number of H-pyrrole nitrogens is 1. The average Bonchev–Trinajstić information content (AvgIpc) is 3.72. The average molecular weight is 548 g/mol.